The van der Waals surface area contributed by atoms with Gasteiger partial charge in [-0.05, 0) is 23.8 Å². The Morgan fingerprint density at radius 1 is 1.12 bits per heavy atom. The first kappa shape index (κ1) is 22.0. The number of benzene rings is 1. The van der Waals surface area contributed by atoms with Crippen LogP contribution in [-0.4, -0.2) is 86.7 Å². The summed E-state index contributed by atoms with van der Waals surface area (Å²) in [5.41, 5.74) is 2.09. The highest BCUT2D eigenvalue weighted by molar-refractivity contribution is 6.04. The first-order valence-corrected chi connectivity index (χ1v) is 10.8. The molecule has 0 radical (unpaired) electrons. The van der Waals surface area contributed by atoms with Crippen molar-refractivity contribution < 1.29 is 19.1 Å². The predicted octanol–water partition coefficient (Wildman–Crippen LogP) is 1.45. The van der Waals surface area contributed by atoms with Crippen LogP contribution in [0.25, 0.3) is 0 Å². The van der Waals surface area contributed by atoms with E-state index in [1.54, 1.807) is 31.4 Å². The molecular formula is C23H29N5O4. The Morgan fingerprint density at radius 3 is 2.56 bits per heavy atom. The number of piperazine rings is 1. The number of amides is 2. The number of hydrogen-bond donors (Lipinski definition) is 1. The number of nitrogens with one attached hydrogen (secondary N) is 1. The van der Waals surface area contributed by atoms with Crippen LogP contribution in [0.15, 0.2) is 36.5 Å². The van der Waals surface area contributed by atoms with Gasteiger partial charge in [-0.25, -0.2) is 4.98 Å². The van der Waals surface area contributed by atoms with Crippen LogP contribution < -0.4 is 15.0 Å². The Bertz CT molecular complexity index is 957. The summed E-state index contributed by atoms with van der Waals surface area (Å²) in [6.07, 6.45) is 1.59. The van der Waals surface area contributed by atoms with Crippen LogP contribution in [0.5, 0.6) is 5.75 Å². The van der Waals surface area contributed by atoms with Crippen molar-refractivity contribution in [3.8, 4) is 5.75 Å². The molecule has 1 N–H and O–H groups in total. The van der Waals surface area contributed by atoms with Gasteiger partial charge in [0.1, 0.15) is 5.75 Å². The number of carbonyl (C=O) groups is 2. The molecule has 2 aliphatic rings. The molecular weight excluding hydrogens is 410 g/mol. The zero-order valence-corrected chi connectivity index (χ0v) is 18.5. The topological polar surface area (TPSA) is 87.2 Å². The van der Waals surface area contributed by atoms with Crippen molar-refractivity contribution in [2.75, 3.05) is 70.3 Å². The minimum atomic E-state index is -0.0634. The second kappa shape index (κ2) is 9.97. The average Bonchev–Trinajstić information content (AvgIpc) is 2.84. The number of pyridine rings is 1. The minimum Gasteiger partial charge on any atom is -0.497 e. The van der Waals surface area contributed by atoms with Gasteiger partial charge >= 0.3 is 0 Å². The van der Waals surface area contributed by atoms with E-state index in [9.17, 15) is 9.59 Å². The number of fused-ring (bicyclic) bond motifs is 1. The molecule has 1 fully saturated rings. The zero-order chi connectivity index (χ0) is 22.5. The number of hydrogen-bond acceptors (Lipinski definition) is 7. The molecule has 2 aliphatic heterocycles. The molecule has 4 rings (SSSR count). The number of rotatable bonds is 7. The van der Waals surface area contributed by atoms with Crippen molar-refractivity contribution in [2.45, 2.75) is 6.54 Å². The molecule has 0 bridgehead atoms. The summed E-state index contributed by atoms with van der Waals surface area (Å²) in [5, 5.41) is 3.05. The largest absolute Gasteiger partial charge is 0.497 e. The fraction of sp³-hybridized carbons (Fsp3) is 0.435. The van der Waals surface area contributed by atoms with Gasteiger partial charge in [0.2, 0.25) is 5.91 Å². The van der Waals surface area contributed by atoms with Crippen molar-refractivity contribution in [1.29, 1.82) is 0 Å². The molecule has 0 unspecified atom stereocenters. The van der Waals surface area contributed by atoms with E-state index in [4.69, 9.17) is 9.47 Å². The molecule has 0 atom stereocenters. The van der Waals surface area contributed by atoms with E-state index in [1.165, 1.54) is 0 Å². The lowest BCUT2D eigenvalue weighted by molar-refractivity contribution is -0.117. The lowest BCUT2D eigenvalue weighted by Crippen LogP contribution is -2.49. The number of ether oxygens (including phenoxy) is 2. The zero-order valence-electron chi connectivity index (χ0n) is 18.5. The minimum absolute atomic E-state index is 0.0610. The summed E-state index contributed by atoms with van der Waals surface area (Å²) in [5.74, 6) is 1.25. The predicted molar refractivity (Wildman–Crippen MR) is 121 cm³/mol. The van der Waals surface area contributed by atoms with Gasteiger partial charge in [0, 0.05) is 46.0 Å². The Kier molecular flexibility index (Phi) is 6.87. The molecule has 0 saturated carbocycles. The second-order valence-electron chi connectivity index (χ2n) is 7.90. The fourth-order valence-corrected chi connectivity index (χ4v) is 3.97. The summed E-state index contributed by atoms with van der Waals surface area (Å²) in [6.45, 7) is 5.08. The summed E-state index contributed by atoms with van der Waals surface area (Å²) >= 11 is 0. The molecule has 9 heteroatoms. The van der Waals surface area contributed by atoms with Gasteiger partial charge in [-0.1, -0.05) is 12.1 Å². The van der Waals surface area contributed by atoms with Crippen molar-refractivity contribution >= 4 is 23.3 Å². The standard InChI is InChI=1S/C23H29N5O4/c1-31-12-11-26-7-9-27(10-8-26)23(30)18-13-20-22(24-14-18)25-15-21(29)28(20)16-17-3-5-19(32-2)6-4-17/h3-6,13-14H,7-12,15-16H2,1-2H3,(H,24,25). The van der Waals surface area contributed by atoms with Crippen LogP contribution in [0.3, 0.4) is 0 Å². The van der Waals surface area contributed by atoms with Crippen LogP contribution in [-0.2, 0) is 16.1 Å². The van der Waals surface area contributed by atoms with Gasteiger partial charge in [-0.2, -0.15) is 0 Å². The monoisotopic (exact) mass is 439 g/mol. The van der Waals surface area contributed by atoms with Gasteiger partial charge < -0.3 is 24.6 Å². The van der Waals surface area contributed by atoms with E-state index >= 15 is 0 Å². The molecule has 9 nitrogen and oxygen atoms in total. The first-order chi connectivity index (χ1) is 15.6. The van der Waals surface area contributed by atoms with Gasteiger partial charge in [-0.15, -0.1) is 0 Å². The maximum absolute atomic E-state index is 13.1. The number of aromatic nitrogens is 1. The summed E-state index contributed by atoms with van der Waals surface area (Å²) in [4.78, 5) is 36.1. The van der Waals surface area contributed by atoms with Gasteiger partial charge in [-0.3, -0.25) is 14.5 Å². The molecule has 0 spiro atoms. The highest BCUT2D eigenvalue weighted by Crippen LogP contribution is 2.30. The quantitative estimate of drug-likeness (QED) is 0.699. The number of carbonyl (C=O) groups excluding carboxylic acids is 2. The van der Waals surface area contributed by atoms with Crippen LogP contribution in [0, 0.1) is 0 Å². The van der Waals surface area contributed by atoms with E-state index in [1.807, 2.05) is 29.2 Å². The number of nitrogens with zero attached hydrogens (tertiary/aromatic N) is 4. The maximum Gasteiger partial charge on any atom is 0.255 e. The SMILES string of the molecule is COCCN1CCN(C(=O)c2cnc3c(c2)N(Cc2ccc(OC)cc2)C(=O)CN3)CC1. The highest BCUT2D eigenvalue weighted by atomic mass is 16.5. The summed E-state index contributed by atoms with van der Waals surface area (Å²) in [7, 11) is 3.31. The Morgan fingerprint density at radius 2 is 1.88 bits per heavy atom. The van der Waals surface area contributed by atoms with Crippen molar-refractivity contribution in [1.82, 2.24) is 14.8 Å². The Hall–Kier alpha value is -3.17. The summed E-state index contributed by atoms with van der Waals surface area (Å²) in [6, 6.07) is 9.37. The van der Waals surface area contributed by atoms with Gasteiger partial charge in [0.15, 0.2) is 5.82 Å². The Labute approximate surface area is 187 Å². The van der Waals surface area contributed by atoms with E-state index in [-0.39, 0.29) is 18.4 Å². The van der Waals surface area contributed by atoms with Crippen LogP contribution in [0.4, 0.5) is 11.5 Å². The molecule has 1 saturated heterocycles. The molecule has 2 aromatic rings. The highest BCUT2D eigenvalue weighted by Gasteiger charge is 2.28. The number of methoxy groups -OCH3 is 2. The normalized spacial score (nSPS) is 16.5. The molecule has 170 valence electrons. The third-order valence-corrected chi connectivity index (χ3v) is 5.88. The smallest absolute Gasteiger partial charge is 0.255 e. The third kappa shape index (κ3) is 4.84. The molecule has 0 aliphatic carbocycles. The molecule has 3 heterocycles. The molecule has 32 heavy (non-hydrogen) atoms. The molecule has 1 aromatic heterocycles. The van der Waals surface area contributed by atoms with Crippen LogP contribution in [0.1, 0.15) is 15.9 Å². The lowest BCUT2D eigenvalue weighted by Gasteiger charge is -2.35. The van der Waals surface area contributed by atoms with Crippen molar-refractivity contribution in [2.24, 2.45) is 0 Å². The summed E-state index contributed by atoms with van der Waals surface area (Å²) < 4.78 is 10.3. The second-order valence-corrected chi connectivity index (χ2v) is 7.90. The van der Waals surface area contributed by atoms with Crippen LogP contribution >= 0.6 is 0 Å². The molecule has 2 amide bonds. The third-order valence-electron chi connectivity index (χ3n) is 5.88. The fourth-order valence-electron chi connectivity index (χ4n) is 3.97. The average molecular weight is 440 g/mol. The van der Waals surface area contributed by atoms with Crippen molar-refractivity contribution in [3.05, 3.63) is 47.7 Å². The van der Waals surface area contributed by atoms with E-state index < -0.39 is 0 Å². The van der Waals surface area contributed by atoms with E-state index in [2.05, 4.69) is 15.2 Å². The Balaban J connectivity index is 1.49. The van der Waals surface area contributed by atoms with Crippen LogP contribution in [0.2, 0.25) is 0 Å². The van der Waals surface area contributed by atoms with E-state index in [0.717, 1.165) is 30.9 Å². The first-order valence-electron chi connectivity index (χ1n) is 10.8. The molecule has 1 aromatic carbocycles. The number of anilines is 2. The van der Waals surface area contributed by atoms with E-state index in [0.29, 0.717) is 43.3 Å². The van der Waals surface area contributed by atoms with Gasteiger partial charge in [0.25, 0.3) is 5.91 Å². The maximum atomic E-state index is 13.1. The van der Waals surface area contributed by atoms with Crippen molar-refractivity contribution in [3.63, 3.8) is 0 Å². The van der Waals surface area contributed by atoms with Gasteiger partial charge in [0.05, 0.1) is 38.1 Å². The lowest BCUT2D eigenvalue weighted by atomic mass is 10.1.